The number of nitro groups is 1. The third-order valence-electron chi connectivity index (χ3n) is 3.54. The number of fused-ring (bicyclic) bond motifs is 1. The standard InChI is InChI=1S/C14H11N5O5/c1-8-4-12(19(20)21)16-18(8)6-13-15-14(17-24-13)9-2-3-10-11(5-9)23-7-22-10/h2-5H,6-7H2,1H3. The summed E-state index contributed by atoms with van der Waals surface area (Å²) in [6.07, 6.45) is 0. The topological polar surface area (TPSA) is 118 Å². The number of nitrogens with zero attached hydrogens (tertiary/aromatic N) is 5. The molecule has 24 heavy (non-hydrogen) atoms. The molecule has 1 aliphatic heterocycles. The zero-order chi connectivity index (χ0) is 16.7. The molecule has 1 aliphatic rings. The van der Waals surface area contributed by atoms with Crippen LogP contribution in [-0.4, -0.2) is 31.6 Å². The summed E-state index contributed by atoms with van der Waals surface area (Å²) in [4.78, 5) is 14.5. The van der Waals surface area contributed by atoms with Crippen LogP contribution in [0.25, 0.3) is 11.4 Å². The number of hydrogen-bond acceptors (Lipinski definition) is 8. The van der Waals surface area contributed by atoms with Crippen LogP contribution in [0.15, 0.2) is 28.8 Å². The van der Waals surface area contributed by atoms with Crippen LogP contribution in [0, 0.1) is 17.0 Å². The van der Waals surface area contributed by atoms with Gasteiger partial charge in [0.15, 0.2) is 11.5 Å². The lowest BCUT2D eigenvalue weighted by Gasteiger charge is -1.97. The Hall–Kier alpha value is -3.43. The molecule has 10 nitrogen and oxygen atoms in total. The summed E-state index contributed by atoms with van der Waals surface area (Å²) in [6, 6.07) is 6.72. The third-order valence-corrected chi connectivity index (χ3v) is 3.54. The maximum absolute atomic E-state index is 10.8. The van der Waals surface area contributed by atoms with Crippen LogP contribution >= 0.6 is 0 Å². The van der Waals surface area contributed by atoms with Gasteiger partial charge in [-0.1, -0.05) is 5.16 Å². The Kier molecular flexibility index (Phi) is 3.15. The van der Waals surface area contributed by atoms with Gasteiger partial charge in [0, 0.05) is 5.56 Å². The van der Waals surface area contributed by atoms with Gasteiger partial charge in [0.1, 0.15) is 6.54 Å². The molecule has 0 radical (unpaired) electrons. The molecule has 0 bridgehead atoms. The predicted octanol–water partition coefficient (Wildman–Crippen LogP) is 1.93. The first-order valence-electron chi connectivity index (χ1n) is 7.01. The quantitative estimate of drug-likeness (QED) is 0.526. The zero-order valence-electron chi connectivity index (χ0n) is 12.5. The summed E-state index contributed by atoms with van der Waals surface area (Å²) in [5.41, 5.74) is 1.35. The highest BCUT2D eigenvalue weighted by atomic mass is 16.7. The van der Waals surface area contributed by atoms with E-state index in [0.29, 0.717) is 28.9 Å². The van der Waals surface area contributed by atoms with Crippen molar-refractivity contribution in [1.82, 2.24) is 19.9 Å². The first-order valence-corrected chi connectivity index (χ1v) is 7.01. The van der Waals surface area contributed by atoms with Crippen molar-refractivity contribution in [2.24, 2.45) is 0 Å². The number of aryl methyl sites for hydroxylation is 1. The highest BCUT2D eigenvalue weighted by Crippen LogP contribution is 2.35. The van der Waals surface area contributed by atoms with Crippen molar-refractivity contribution in [3.8, 4) is 22.9 Å². The van der Waals surface area contributed by atoms with E-state index in [0.717, 1.165) is 5.56 Å². The largest absolute Gasteiger partial charge is 0.454 e. The van der Waals surface area contributed by atoms with Gasteiger partial charge in [-0.25, -0.2) is 0 Å². The van der Waals surface area contributed by atoms with E-state index in [9.17, 15) is 10.1 Å². The average Bonchev–Trinajstić information content (AvgIpc) is 3.27. The van der Waals surface area contributed by atoms with Gasteiger partial charge in [-0.15, -0.1) is 0 Å². The molecule has 2 aromatic heterocycles. The lowest BCUT2D eigenvalue weighted by molar-refractivity contribution is -0.389. The maximum atomic E-state index is 10.8. The second-order valence-electron chi connectivity index (χ2n) is 5.14. The van der Waals surface area contributed by atoms with Gasteiger partial charge >= 0.3 is 5.82 Å². The molecule has 0 saturated carbocycles. The van der Waals surface area contributed by atoms with E-state index in [1.807, 2.05) is 0 Å². The number of rotatable bonds is 4. The van der Waals surface area contributed by atoms with Crippen LogP contribution in [0.5, 0.6) is 11.5 Å². The lowest BCUT2D eigenvalue weighted by Crippen LogP contribution is -2.04. The second kappa shape index (κ2) is 5.33. The number of benzene rings is 1. The van der Waals surface area contributed by atoms with Gasteiger partial charge in [0.25, 0.3) is 5.89 Å². The fraction of sp³-hybridized carbons (Fsp3) is 0.214. The molecule has 1 aromatic carbocycles. The molecule has 0 unspecified atom stereocenters. The minimum absolute atomic E-state index is 0.150. The Labute approximate surface area is 134 Å². The van der Waals surface area contributed by atoms with Crippen LogP contribution in [-0.2, 0) is 6.54 Å². The minimum atomic E-state index is -0.546. The number of hydrogen-bond donors (Lipinski definition) is 0. The van der Waals surface area contributed by atoms with E-state index in [1.165, 1.54) is 10.7 Å². The van der Waals surface area contributed by atoms with E-state index >= 15 is 0 Å². The monoisotopic (exact) mass is 329 g/mol. The van der Waals surface area contributed by atoms with Gasteiger partial charge in [-0.05, 0) is 30.0 Å². The molecule has 4 rings (SSSR count). The normalized spacial score (nSPS) is 12.5. The van der Waals surface area contributed by atoms with Gasteiger partial charge in [0.05, 0.1) is 16.9 Å². The molecular weight excluding hydrogens is 318 g/mol. The summed E-state index contributed by atoms with van der Waals surface area (Å²) in [5, 5.41) is 18.6. The Balaban J connectivity index is 1.58. The summed E-state index contributed by atoms with van der Waals surface area (Å²) < 4.78 is 17.2. The molecular formula is C14H11N5O5. The number of aromatic nitrogens is 4. The molecule has 0 amide bonds. The van der Waals surface area contributed by atoms with Crippen molar-refractivity contribution in [1.29, 1.82) is 0 Å². The van der Waals surface area contributed by atoms with Crippen molar-refractivity contribution in [2.45, 2.75) is 13.5 Å². The molecule has 0 saturated heterocycles. The molecule has 0 N–H and O–H groups in total. The van der Waals surface area contributed by atoms with Crippen LogP contribution in [0.4, 0.5) is 5.82 Å². The van der Waals surface area contributed by atoms with E-state index in [1.54, 1.807) is 25.1 Å². The van der Waals surface area contributed by atoms with Crippen LogP contribution in [0.3, 0.4) is 0 Å². The summed E-state index contributed by atoms with van der Waals surface area (Å²) >= 11 is 0. The molecule has 122 valence electrons. The van der Waals surface area contributed by atoms with Gasteiger partial charge in [-0.2, -0.15) is 9.67 Å². The maximum Gasteiger partial charge on any atom is 0.390 e. The minimum Gasteiger partial charge on any atom is -0.454 e. The molecule has 0 spiro atoms. The van der Waals surface area contributed by atoms with E-state index < -0.39 is 4.92 Å². The fourth-order valence-electron chi connectivity index (χ4n) is 2.34. The smallest absolute Gasteiger partial charge is 0.390 e. The average molecular weight is 329 g/mol. The Morgan fingerprint density at radius 1 is 1.29 bits per heavy atom. The predicted molar refractivity (Wildman–Crippen MR) is 78.6 cm³/mol. The Bertz CT molecular complexity index is 932. The van der Waals surface area contributed by atoms with Crippen LogP contribution < -0.4 is 9.47 Å². The highest BCUT2D eigenvalue weighted by molar-refractivity contribution is 5.61. The molecule has 3 heterocycles. The van der Waals surface area contributed by atoms with Crippen molar-refractivity contribution in [3.63, 3.8) is 0 Å². The van der Waals surface area contributed by atoms with E-state index in [-0.39, 0.29) is 19.2 Å². The lowest BCUT2D eigenvalue weighted by atomic mass is 10.2. The molecule has 0 aliphatic carbocycles. The first kappa shape index (κ1) is 14.2. The Morgan fingerprint density at radius 3 is 2.92 bits per heavy atom. The van der Waals surface area contributed by atoms with Gasteiger partial charge < -0.3 is 24.1 Å². The van der Waals surface area contributed by atoms with Crippen molar-refractivity contribution >= 4 is 5.82 Å². The van der Waals surface area contributed by atoms with E-state index in [2.05, 4.69) is 15.2 Å². The van der Waals surface area contributed by atoms with Crippen molar-refractivity contribution in [2.75, 3.05) is 6.79 Å². The SMILES string of the molecule is Cc1cc([N+](=O)[O-])nn1Cc1nc(-c2ccc3c(c2)OCO3)no1. The van der Waals surface area contributed by atoms with E-state index in [4.69, 9.17) is 14.0 Å². The number of ether oxygens (including phenoxy) is 2. The molecule has 10 heteroatoms. The highest BCUT2D eigenvalue weighted by Gasteiger charge is 2.19. The molecule has 0 fully saturated rings. The first-order chi connectivity index (χ1) is 11.6. The summed E-state index contributed by atoms with van der Waals surface area (Å²) in [6.45, 7) is 2.06. The fourth-order valence-corrected chi connectivity index (χ4v) is 2.34. The van der Waals surface area contributed by atoms with Gasteiger partial charge in [0.2, 0.25) is 12.6 Å². The second-order valence-corrected chi connectivity index (χ2v) is 5.14. The summed E-state index contributed by atoms with van der Waals surface area (Å²) in [5.74, 6) is 1.76. The third kappa shape index (κ3) is 2.43. The Morgan fingerprint density at radius 2 is 2.12 bits per heavy atom. The van der Waals surface area contributed by atoms with Gasteiger partial charge in [-0.3, -0.25) is 0 Å². The van der Waals surface area contributed by atoms with Crippen molar-refractivity contribution in [3.05, 3.63) is 46.0 Å². The van der Waals surface area contributed by atoms with Crippen LogP contribution in [0.2, 0.25) is 0 Å². The zero-order valence-corrected chi connectivity index (χ0v) is 12.5. The summed E-state index contributed by atoms with van der Waals surface area (Å²) in [7, 11) is 0. The van der Waals surface area contributed by atoms with Crippen LogP contribution in [0.1, 0.15) is 11.6 Å². The van der Waals surface area contributed by atoms with Crippen molar-refractivity contribution < 1.29 is 18.9 Å². The molecule has 0 atom stereocenters. The molecule has 3 aromatic rings.